The van der Waals surface area contributed by atoms with Gasteiger partial charge in [0.1, 0.15) is 12.2 Å². The zero-order chi connectivity index (χ0) is 40.3. The van der Waals surface area contributed by atoms with Crippen LogP contribution in [0, 0.1) is 0 Å². The maximum atomic E-state index is 12.6. The topological polar surface area (TPSA) is 132 Å². The summed E-state index contributed by atoms with van der Waals surface area (Å²) < 4.78 is 33.4. The molecule has 3 unspecified atom stereocenters. The third-order valence-electron chi connectivity index (χ3n) is 10.5. The van der Waals surface area contributed by atoms with Crippen LogP contribution in [-0.4, -0.2) is 66.3 Å². The Labute approximate surface area is 339 Å². The zero-order valence-corrected chi connectivity index (χ0v) is 37.1. The highest BCUT2D eigenvalue weighted by atomic mass is 31.2. The molecule has 3 N–H and O–H groups in total. The van der Waals surface area contributed by atoms with E-state index in [1.807, 2.05) is 0 Å². The highest BCUT2D eigenvalue weighted by molar-refractivity contribution is 7.47. The first-order chi connectivity index (χ1) is 26.8. The first kappa shape index (κ1) is 54.5. The molecule has 0 saturated heterocycles. The van der Waals surface area contributed by atoms with E-state index >= 15 is 0 Å². The highest BCUT2D eigenvalue weighted by Gasteiger charge is 2.26. The molecule has 0 aromatic carbocycles. The molecule has 0 spiro atoms. The van der Waals surface area contributed by atoms with Crippen molar-refractivity contribution in [1.82, 2.24) is 0 Å². The minimum absolute atomic E-state index is 0.0581. The molecule has 0 fully saturated rings. The number of rotatable bonds is 46. The van der Waals surface area contributed by atoms with E-state index in [-0.39, 0.29) is 25.6 Å². The lowest BCUT2D eigenvalue weighted by Gasteiger charge is -2.20. The number of carbonyl (C=O) groups is 1. The van der Waals surface area contributed by atoms with E-state index in [9.17, 15) is 19.4 Å². The summed E-state index contributed by atoms with van der Waals surface area (Å²) in [7, 11) is -4.51. The minimum Gasteiger partial charge on any atom is -0.457 e. The molecule has 10 heteroatoms. The summed E-state index contributed by atoms with van der Waals surface area (Å²) in [5.74, 6) is -0.375. The third kappa shape index (κ3) is 42.9. The van der Waals surface area contributed by atoms with Gasteiger partial charge in [-0.15, -0.1) is 0 Å². The number of esters is 1. The molecule has 0 saturated carbocycles. The number of ether oxygens (including phenoxy) is 2. The van der Waals surface area contributed by atoms with Crippen molar-refractivity contribution in [2.45, 2.75) is 251 Å². The van der Waals surface area contributed by atoms with Gasteiger partial charge in [-0.3, -0.25) is 13.8 Å². The normalized spacial score (nSPS) is 13.9. The molecular formula is C45H91O9P. The monoisotopic (exact) mass is 807 g/mol. The van der Waals surface area contributed by atoms with E-state index in [0.29, 0.717) is 6.61 Å². The SMILES string of the molecule is CCCCCCCCCCCCCCCCCCCCCCCC(=O)OC(COCCCCCCCCCCCCCCC)COP(=O)(O)OCC(O)CO. The molecule has 330 valence electrons. The van der Waals surface area contributed by atoms with Crippen LogP contribution >= 0.6 is 7.82 Å². The van der Waals surface area contributed by atoms with Crippen molar-refractivity contribution in [2.75, 3.05) is 33.0 Å². The maximum absolute atomic E-state index is 12.6. The van der Waals surface area contributed by atoms with Crippen LogP contribution in [0.1, 0.15) is 239 Å². The number of unbranched alkanes of at least 4 members (excludes halogenated alkanes) is 32. The van der Waals surface area contributed by atoms with Crippen LogP contribution in [0.25, 0.3) is 0 Å². The number of carbonyl (C=O) groups excluding carboxylic acids is 1. The Morgan fingerprint density at radius 3 is 1.18 bits per heavy atom. The van der Waals surface area contributed by atoms with Crippen molar-refractivity contribution >= 4 is 13.8 Å². The fraction of sp³-hybridized carbons (Fsp3) is 0.978. The number of phosphoric ester groups is 1. The van der Waals surface area contributed by atoms with E-state index in [1.165, 1.54) is 186 Å². The summed E-state index contributed by atoms with van der Waals surface area (Å²) in [4.78, 5) is 22.6. The fourth-order valence-corrected chi connectivity index (χ4v) is 7.74. The predicted octanol–water partition coefficient (Wildman–Crippen LogP) is 13.1. The summed E-state index contributed by atoms with van der Waals surface area (Å²) in [6.45, 7) is 3.58. The average Bonchev–Trinajstić information content (AvgIpc) is 3.18. The second-order valence-corrected chi connectivity index (χ2v) is 17.6. The molecule has 0 rings (SSSR count). The summed E-state index contributed by atoms with van der Waals surface area (Å²) in [6, 6.07) is 0. The van der Waals surface area contributed by atoms with Gasteiger partial charge in [0.05, 0.1) is 26.4 Å². The number of hydrogen-bond donors (Lipinski definition) is 3. The Morgan fingerprint density at radius 2 is 0.818 bits per heavy atom. The first-order valence-corrected chi connectivity index (χ1v) is 25.0. The Balaban J connectivity index is 4.03. The van der Waals surface area contributed by atoms with Crippen molar-refractivity contribution in [2.24, 2.45) is 0 Å². The van der Waals surface area contributed by atoms with E-state index in [2.05, 4.69) is 13.8 Å². The third-order valence-corrected chi connectivity index (χ3v) is 11.5. The standard InChI is InChI=1S/C45H91O9P/c1-3-5-7-9-11-13-15-17-18-19-20-21-22-23-24-25-27-29-31-33-35-37-45(48)54-44(42-53-55(49,50)52-40-43(47)39-46)41-51-38-36-34-32-30-28-26-16-14-12-10-8-6-4-2/h43-44,46-47H,3-42H2,1-2H3,(H,49,50). The molecule has 0 aliphatic heterocycles. The van der Waals surface area contributed by atoms with Crippen LogP contribution < -0.4 is 0 Å². The van der Waals surface area contributed by atoms with Crippen LogP contribution in [0.3, 0.4) is 0 Å². The summed E-state index contributed by atoms with van der Waals surface area (Å²) in [5.41, 5.74) is 0. The molecule has 0 amide bonds. The molecule has 3 atom stereocenters. The molecule has 9 nitrogen and oxygen atoms in total. The lowest BCUT2D eigenvalue weighted by molar-refractivity contribution is -0.154. The number of hydrogen-bond acceptors (Lipinski definition) is 8. The van der Waals surface area contributed by atoms with Crippen LogP contribution in [0.4, 0.5) is 0 Å². The van der Waals surface area contributed by atoms with Gasteiger partial charge in [0.25, 0.3) is 0 Å². The quantitative estimate of drug-likeness (QED) is 0.0312. The minimum atomic E-state index is -4.51. The first-order valence-electron chi connectivity index (χ1n) is 23.5. The number of aliphatic hydroxyl groups excluding tert-OH is 2. The number of aliphatic hydroxyl groups is 2. The Hall–Kier alpha value is -0.540. The predicted molar refractivity (Wildman–Crippen MR) is 228 cm³/mol. The zero-order valence-electron chi connectivity index (χ0n) is 36.2. The van der Waals surface area contributed by atoms with Crippen molar-refractivity contribution in [3.63, 3.8) is 0 Å². The van der Waals surface area contributed by atoms with Gasteiger partial charge in [-0.1, -0.05) is 219 Å². The number of phosphoric acid groups is 1. The van der Waals surface area contributed by atoms with Gasteiger partial charge in [-0.25, -0.2) is 4.57 Å². The second-order valence-electron chi connectivity index (χ2n) is 16.1. The van der Waals surface area contributed by atoms with Crippen LogP contribution in [0.2, 0.25) is 0 Å². The van der Waals surface area contributed by atoms with Crippen molar-refractivity contribution in [3.05, 3.63) is 0 Å². The van der Waals surface area contributed by atoms with Crippen molar-refractivity contribution < 1.29 is 43.0 Å². The molecular weight excluding hydrogens is 715 g/mol. The van der Waals surface area contributed by atoms with Gasteiger partial charge in [0, 0.05) is 13.0 Å². The largest absolute Gasteiger partial charge is 0.472 e. The molecule has 0 aliphatic rings. The Kier molecular flexibility index (Phi) is 42.6. The van der Waals surface area contributed by atoms with Crippen molar-refractivity contribution in [3.8, 4) is 0 Å². The van der Waals surface area contributed by atoms with Gasteiger partial charge in [0.15, 0.2) is 0 Å². The fourth-order valence-electron chi connectivity index (χ4n) is 6.95. The van der Waals surface area contributed by atoms with Crippen molar-refractivity contribution in [1.29, 1.82) is 0 Å². The molecule has 0 aromatic rings. The lowest BCUT2D eigenvalue weighted by Crippen LogP contribution is -2.29. The van der Waals surface area contributed by atoms with Gasteiger partial charge in [0.2, 0.25) is 0 Å². The smallest absolute Gasteiger partial charge is 0.457 e. The van der Waals surface area contributed by atoms with E-state index in [4.69, 9.17) is 23.6 Å². The van der Waals surface area contributed by atoms with E-state index < -0.39 is 33.2 Å². The molecule has 0 radical (unpaired) electrons. The summed E-state index contributed by atoms with van der Waals surface area (Å²) in [5, 5.41) is 18.4. The van der Waals surface area contributed by atoms with Gasteiger partial charge in [-0.2, -0.15) is 0 Å². The average molecular weight is 807 g/mol. The summed E-state index contributed by atoms with van der Waals surface area (Å²) in [6.07, 6.45) is 42.1. The maximum Gasteiger partial charge on any atom is 0.472 e. The van der Waals surface area contributed by atoms with E-state index in [1.54, 1.807) is 0 Å². The summed E-state index contributed by atoms with van der Waals surface area (Å²) >= 11 is 0. The molecule has 0 aliphatic carbocycles. The highest BCUT2D eigenvalue weighted by Crippen LogP contribution is 2.43. The van der Waals surface area contributed by atoms with Gasteiger partial charge >= 0.3 is 13.8 Å². The van der Waals surface area contributed by atoms with Gasteiger partial charge < -0.3 is 24.6 Å². The lowest BCUT2D eigenvalue weighted by atomic mass is 10.0. The second kappa shape index (κ2) is 43.0. The van der Waals surface area contributed by atoms with Crippen LogP contribution in [0.5, 0.6) is 0 Å². The molecule has 0 aromatic heterocycles. The van der Waals surface area contributed by atoms with Crippen LogP contribution in [0.15, 0.2) is 0 Å². The molecule has 0 bridgehead atoms. The van der Waals surface area contributed by atoms with Crippen LogP contribution in [-0.2, 0) is 27.9 Å². The van der Waals surface area contributed by atoms with E-state index in [0.717, 1.165) is 32.1 Å². The Morgan fingerprint density at radius 1 is 0.491 bits per heavy atom. The van der Waals surface area contributed by atoms with Gasteiger partial charge in [-0.05, 0) is 12.8 Å². The molecule has 0 heterocycles. The Bertz CT molecular complexity index is 830. The molecule has 55 heavy (non-hydrogen) atoms.